The minimum absolute atomic E-state index is 0.0974. The molecule has 4 aliphatic carbocycles. The summed E-state index contributed by atoms with van der Waals surface area (Å²) in [4.78, 5) is 34.2. The van der Waals surface area contributed by atoms with Gasteiger partial charge in [0.15, 0.2) is 5.82 Å². The highest BCUT2D eigenvalue weighted by atomic mass is 32.2. The average molecular weight is 1770 g/mol. The van der Waals surface area contributed by atoms with Crippen molar-refractivity contribution in [1.29, 1.82) is 0 Å². The molecule has 9 aromatic rings. The maximum absolute atomic E-state index is 14.1. The lowest BCUT2D eigenvalue weighted by molar-refractivity contribution is -0.00249. The van der Waals surface area contributed by atoms with Crippen LogP contribution in [-0.4, -0.2) is 202 Å². The van der Waals surface area contributed by atoms with Gasteiger partial charge in [-0.05, 0) is 229 Å². The standard InChI is InChI=1S/C24H36N6O4S.C23H34N6O4S.C21H24FN5O2S.C16H23N5O2S/c1-24(2,3)34-23(31)29-13-12-19(16-29)30-27-22(26-28-30)21-15-20(35(32,33)25-4)11-10-18(21)14-17-8-6-5-7-9-17;1-23(2,3)33-22(30)28-14-18(15-28)29-26-21(25-27-29)20-13-19(34(31,32)24-4)11-10-17(20)12-16-8-6-5-7-9-16;1-23-30(28,29)17-12-11-16(13-15-7-3-2-4-8-15)18(14-17)21-24-26-27(25-21)20-10-6-5-9-19(20)22;1-17-24(22,23)14-9-8-13(10-12-6-4-3-5-7-12)15(11-14)16-18-20-21(2)19-16/h10-11,15,17,19,25H,5-9,12-14,16H2,1-4H3;10-11,13,16,18,24H,5-9,12,14-15H2,1-4H3;5-6,9-12,14-15,23H,2-4,7-8,13H2,1H3;8-9,11-12,17H,3-7,10H2,1-2H3. The van der Waals surface area contributed by atoms with E-state index in [1.54, 1.807) is 88.4 Å². The van der Waals surface area contributed by atoms with Crippen molar-refractivity contribution in [2.75, 3.05) is 54.4 Å². The molecule has 15 rings (SSSR count). The molecule has 2 amide bonds. The van der Waals surface area contributed by atoms with Crippen LogP contribution >= 0.6 is 0 Å². The topological polar surface area (TPSA) is 418 Å². The van der Waals surface area contributed by atoms with E-state index in [1.807, 2.05) is 65.8 Å². The number of rotatable bonds is 23. The molecule has 0 spiro atoms. The average Bonchev–Trinajstić information content (AvgIpc) is 1.70. The van der Waals surface area contributed by atoms with Gasteiger partial charge >= 0.3 is 12.2 Å². The largest absolute Gasteiger partial charge is 0.444 e. The molecule has 5 aromatic carbocycles. The van der Waals surface area contributed by atoms with Gasteiger partial charge in [0, 0.05) is 35.3 Å². The Morgan fingerprint density at radius 2 is 0.715 bits per heavy atom. The predicted molar refractivity (Wildman–Crippen MR) is 460 cm³/mol. The highest BCUT2D eigenvalue weighted by Crippen LogP contribution is 2.38. The lowest BCUT2D eigenvalue weighted by Crippen LogP contribution is -2.52. The van der Waals surface area contributed by atoms with Gasteiger partial charge < -0.3 is 19.3 Å². The van der Waals surface area contributed by atoms with E-state index >= 15 is 0 Å². The van der Waals surface area contributed by atoms with E-state index in [2.05, 4.69) is 80.5 Å². The summed E-state index contributed by atoms with van der Waals surface area (Å²) in [5, 5.41) is 50.9. The molecule has 0 bridgehead atoms. The van der Waals surface area contributed by atoms with Gasteiger partial charge in [0.2, 0.25) is 63.4 Å². The zero-order valence-electron chi connectivity index (χ0n) is 72.2. The van der Waals surface area contributed by atoms with Crippen molar-refractivity contribution in [3.05, 3.63) is 125 Å². The van der Waals surface area contributed by atoms with Crippen molar-refractivity contribution in [3.63, 3.8) is 0 Å². The second-order valence-electron chi connectivity index (χ2n) is 34.7. The molecule has 6 heterocycles. The van der Waals surface area contributed by atoms with E-state index in [9.17, 15) is 47.7 Å². The van der Waals surface area contributed by atoms with Gasteiger partial charge in [0.25, 0.3) is 0 Å². The summed E-state index contributed by atoms with van der Waals surface area (Å²) in [7, 11) is -7.07. The van der Waals surface area contributed by atoms with Crippen LogP contribution in [0.25, 0.3) is 51.2 Å². The molecule has 4 aromatic heterocycles. The third-order valence-corrected chi connectivity index (χ3v) is 29.0. The van der Waals surface area contributed by atoms with Crippen LogP contribution in [0.15, 0.2) is 117 Å². The summed E-state index contributed by atoms with van der Waals surface area (Å²) in [5.74, 6) is 3.41. The minimum Gasteiger partial charge on any atom is -0.444 e. The molecule has 34 nitrogen and oxygen atoms in total. The number of halogens is 1. The molecule has 1 atom stereocenters. The van der Waals surface area contributed by atoms with E-state index in [4.69, 9.17) is 9.47 Å². The molecule has 4 saturated carbocycles. The number of nitrogens with one attached hydrogen (secondary N) is 4. The summed E-state index contributed by atoms with van der Waals surface area (Å²) in [6.07, 6.45) is 28.0. The Morgan fingerprint density at radius 3 is 1.06 bits per heavy atom. The van der Waals surface area contributed by atoms with Crippen LogP contribution in [0.4, 0.5) is 14.0 Å². The molecule has 39 heteroatoms. The number of aromatic nitrogens is 16. The fourth-order valence-electron chi connectivity index (χ4n) is 16.6. The number of likely N-dealkylation sites (tertiary alicyclic amines) is 2. The van der Waals surface area contributed by atoms with Gasteiger partial charge in [-0.3, -0.25) is 0 Å². The number of carbonyl (C=O) groups excluding carboxylic acids is 2. The monoisotopic (exact) mass is 1770 g/mol. The van der Waals surface area contributed by atoms with Crippen molar-refractivity contribution in [2.45, 2.75) is 245 Å². The van der Waals surface area contributed by atoms with Crippen molar-refractivity contribution in [2.24, 2.45) is 30.7 Å². The van der Waals surface area contributed by atoms with Crippen LogP contribution in [0.5, 0.6) is 0 Å². The minimum atomic E-state index is -3.62. The van der Waals surface area contributed by atoms with Crippen molar-refractivity contribution in [1.82, 2.24) is 110 Å². The van der Waals surface area contributed by atoms with E-state index in [1.165, 1.54) is 159 Å². The number of benzene rings is 5. The molecule has 2 saturated heterocycles. The molecule has 4 N–H and O–H groups in total. The number of aryl methyl sites for hydroxylation is 1. The van der Waals surface area contributed by atoms with Crippen LogP contribution in [-0.2, 0) is 82.3 Å². The first-order valence-electron chi connectivity index (χ1n) is 42.7. The van der Waals surface area contributed by atoms with Gasteiger partial charge in [-0.2, -0.15) is 14.4 Å². The summed E-state index contributed by atoms with van der Waals surface area (Å²) < 4.78 is 133. The van der Waals surface area contributed by atoms with Crippen LogP contribution in [0.3, 0.4) is 0 Å². The number of carbonyl (C=O) groups is 2. The van der Waals surface area contributed by atoms with Crippen molar-refractivity contribution >= 4 is 52.3 Å². The molecule has 0 radical (unpaired) electrons. The number of tetrazole rings is 4. The van der Waals surface area contributed by atoms with Gasteiger partial charge in [-0.25, -0.2) is 66.5 Å². The van der Waals surface area contributed by atoms with E-state index < -0.39 is 57.1 Å². The molecule has 6 fully saturated rings. The normalized spacial score (nSPS) is 17.6. The molecule has 2 aliphatic heterocycles. The molecular weight excluding hydrogens is 1660 g/mol. The van der Waals surface area contributed by atoms with Crippen molar-refractivity contribution in [3.8, 4) is 51.2 Å². The first kappa shape index (κ1) is 92.7. The summed E-state index contributed by atoms with van der Waals surface area (Å²) >= 11 is 0. The Balaban J connectivity index is 0.000000151. The van der Waals surface area contributed by atoms with Gasteiger partial charge in [-0.1, -0.05) is 165 Å². The first-order chi connectivity index (χ1) is 58.6. The molecule has 1 unspecified atom stereocenters. The van der Waals surface area contributed by atoms with Gasteiger partial charge in [0.1, 0.15) is 22.9 Å². The van der Waals surface area contributed by atoms with Crippen molar-refractivity contribution < 1.29 is 57.1 Å². The zero-order chi connectivity index (χ0) is 88.0. The molecular formula is C84H117FN22O12S4. The van der Waals surface area contributed by atoms with E-state index in [-0.39, 0.29) is 55.4 Å². The number of hydrogen-bond acceptors (Lipinski definition) is 24. The smallest absolute Gasteiger partial charge is 0.410 e. The Labute approximate surface area is 721 Å². The molecule has 123 heavy (non-hydrogen) atoms. The molecule has 666 valence electrons. The second kappa shape index (κ2) is 40.6. The number of amides is 2. The Kier molecular flexibility index (Phi) is 30.6. The zero-order valence-corrected chi connectivity index (χ0v) is 75.4. The third-order valence-electron chi connectivity index (χ3n) is 23.4. The molecule has 6 aliphatic rings. The Morgan fingerprint density at radius 1 is 0.398 bits per heavy atom. The predicted octanol–water partition coefficient (Wildman–Crippen LogP) is 12.1. The Hall–Kier alpha value is -9.51. The highest BCUT2D eigenvalue weighted by molar-refractivity contribution is 7.90. The summed E-state index contributed by atoms with van der Waals surface area (Å²) in [5.41, 5.74) is 5.97. The SMILES string of the molecule is CNS(=O)(=O)c1ccc(CC2CCCCC2)c(-c2nnn(-c3ccccc3F)n2)c1.CNS(=O)(=O)c1ccc(CC2CCCCC2)c(-c2nnn(C)n2)c1.CNS(=O)(=O)c1ccc(CC2CCCCC2)c(-c2nnn(C3CCN(C(=O)OC(C)(C)C)C3)n2)c1.CNS(=O)(=O)c1ccc(CC2CCCCC2)c(-c2nnn(C3CN(C(=O)OC(C)(C)C)C3)n2)c1. The fourth-order valence-corrected chi connectivity index (χ4v) is 19.6. The number of para-hydroxylation sites is 1. The lowest BCUT2D eigenvalue weighted by atomic mass is 9.84. The van der Waals surface area contributed by atoms with E-state index in [0.717, 1.165) is 71.1 Å². The van der Waals surface area contributed by atoms with Gasteiger partial charge in [0.05, 0.1) is 45.8 Å². The number of sulfonamides is 4. The highest BCUT2D eigenvalue weighted by Gasteiger charge is 2.38. The van der Waals surface area contributed by atoms with Crippen LogP contribution in [0.2, 0.25) is 0 Å². The van der Waals surface area contributed by atoms with E-state index in [0.29, 0.717) is 90.4 Å². The van der Waals surface area contributed by atoms with Crippen LogP contribution in [0.1, 0.15) is 211 Å². The lowest BCUT2D eigenvalue weighted by Gasteiger charge is -2.38. The first-order valence-corrected chi connectivity index (χ1v) is 48.6. The second-order valence-corrected chi connectivity index (χ2v) is 42.2. The number of ether oxygens (including phenoxy) is 2. The Bertz CT molecular complexity index is 5590. The number of nitrogens with zero attached hydrogens (tertiary/aromatic N) is 18. The number of hydrogen-bond donors (Lipinski definition) is 4. The summed E-state index contributed by atoms with van der Waals surface area (Å²) in [6, 6.07) is 26.5. The quantitative estimate of drug-likeness (QED) is 0.0462. The maximum atomic E-state index is 14.1. The van der Waals surface area contributed by atoms with Crippen LogP contribution < -0.4 is 18.9 Å². The fraction of sp³-hybridized carbons (Fsp3) is 0.571. The summed E-state index contributed by atoms with van der Waals surface area (Å²) in [6.45, 7) is 12.9. The van der Waals surface area contributed by atoms with Crippen LogP contribution in [0, 0.1) is 29.5 Å². The van der Waals surface area contributed by atoms with Gasteiger partial charge in [-0.15, -0.1) is 45.6 Å². The third kappa shape index (κ3) is 24.6. The maximum Gasteiger partial charge on any atom is 0.410 e.